The first-order chi connectivity index (χ1) is 15.2. The third kappa shape index (κ3) is 3.68. The Balaban J connectivity index is 1.84. The predicted octanol–water partition coefficient (Wildman–Crippen LogP) is 5.63. The number of ether oxygens (including phenoxy) is 1. The van der Waals surface area contributed by atoms with Crippen molar-refractivity contribution in [3.05, 3.63) is 46.5 Å². The van der Waals surface area contributed by atoms with Crippen LogP contribution in [0, 0.1) is 13.8 Å². The quantitative estimate of drug-likeness (QED) is 0.349. The second kappa shape index (κ2) is 8.42. The monoisotopic (exact) mass is 459 g/mol. The smallest absolute Gasteiger partial charge is 0.350 e. The third-order valence-electron chi connectivity index (χ3n) is 5.17. The lowest BCUT2D eigenvalue weighted by Crippen LogP contribution is -2.05. The number of nitrogens with zero attached hydrogens (tertiary/aromatic N) is 5. The van der Waals surface area contributed by atoms with Crippen molar-refractivity contribution in [2.24, 2.45) is 0 Å². The Bertz CT molecular complexity index is 1310. The maximum atomic E-state index is 13.5. The minimum absolute atomic E-state index is 0.0999. The van der Waals surface area contributed by atoms with Crippen LogP contribution in [0.4, 0.5) is 8.78 Å². The number of aromatic nitrogens is 5. The Morgan fingerprint density at radius 1 is 1.28 bits per heavy atom. The Morgan fingerprint density at radius 3 is 2.66 bits per heavy atom. The maximum absolute atomic E-state index is 13.5. The summed E-state index contributed by atoms with van der Waals surface area (Å²) in [7, 11) is 0. The number of thiazole rings is 1. The zero-order valence-corrected chi connectivity index (χ0v) is 19.2. The van der Waals surface area contributed by atoms with E-state index in [1.165, 1.54) is 0 Å². The van der Waals surface area contributed by atoms with Crippen LogP contribution >= 0.6 is 11.3 Å². The third-order valence-corrected chi connectivity index (χ3v) is 6.27. The van der Waals surface area contributed by atoms with E-state index in [0.29, 0.717) is 10.6 Å². The standard InChI is InChI=1S/C22H23F2N5O2S/c1-6-31-22(30)19-18(20(23)24)26-21(32-19)14-7-8-28-16(9-14)15(10-25-28)17-12(4)27-29(11(2)3)13(17)5/h7-11,20H,6H2,1-5H3. The van der Waals surface area contributed by atoms with Gasteiger partial charge in [-0.25, -0.2) is 23.1 Å². The molecule has 0 aromatic carbocycles. The normalized spacial score (nSPS) is 11.8. The largest absolute Gasteiger partial charge is 0.462 e. The molecule has 0 aliphatic rings. The molecule has 0 amide bonds. The van der Waals surface area contributed by atoms with Crippen LogP contribution in [0.25, 0.3) is 27.2 Å². The molecule has 10 heteroatoms. The second-order valence-corrected chi connectivity index (χ2v) is 8.64. The summed E-state index contributed by atoms with van der Waals surface area (Å²) < 4.78 is 35.6. The molecule has 0 aliphatic carbocycles. The highest BCUT2D eigenvalue weighted by atomic mass is 32.1. The van der Waals surface area contributed by atoms with E-state index in [2.05, 4.69) is 29.0 Å². The number of aryl methyl sites for hydroxylation is 1. The number of hydrogen-bond acceptors (Lipinski definition) is 6. The molecule has 4 rings (SSSR count). The molecule has 0 N–H and O–H groups in total. The van der Waals surface area contributed by atoms with Crippen LogP contribution in [0.3, 0.4) is 0 Å². The Labute approximate surface area is 187 Å². The van der Waals surface area contributed by atoms with Gasteiger partial charge in [0.2, 0.25) is 0 Å². The SMILES string of the molecule is CCOC(=O)c1sc(-c2ccn3ncc(-c4c(C)nn(C(C)C)c4C)c3c2)nc1C(F)F. The van der Waals surface area contributed by atoms with Crippen molar-refractivity contribution < 1.29 is 18.3 Å². The van der Waals surface area contributed by atoms with E-state index in [-0.39, 0.29) is 17.5 Å². The first-order valence-corrected chi connectivity index (χ1v) is 11.0. The lowest BCUT2D eigenvalue weighted by atomic mass is 10.0. The Kier molecular flexibility index (Phi) is 5.81. The van der Waals surface area contributed by atoms with E-state index in [9.17, 15) is 13.6 Å². The number of halogens is 2. The fourth-order valence-corrected chi connectivity index (χ4v) is 4.77. The highest BCUT2D eigenvalue weighted by Crippen LogP contribution is 2.36. The van der Waals surface area contributed by atoms with Gasteiger partial charge < -0.3 is 4.74 Å². The van der Waals surface area contributed by atoms with E-state index in [4.69, 9.17) is 4.74 Å². The zero-order valence-electron chi connectivity index (χ0n) is 18.4. The molecule has 168 valence electrons. The minimum Gasteiger partial charge on any atom is -0.462 e. The van der Waals surface area contributed by atoms with Gasteiger partial charge >= 0.3 is 5.97 Å². The molecule has 32 heavy (non-hydrogen) atoms. The number of alkyl halides is 2. The number of pyridine rings is 1. The van der Waals surface area contributed by atoms with Crippen molar-refractivity contribution in [1.82, 2.24) is 24.4 Å². The Hall–Kier alpha value is -3.14. The van der Waals surface area contributed by atoms with E-state index < -0.39 is 18.1 Å². The van der Waals surface area contributed by atoms with Gasteiger partial charge in [0.25, 0.3) is 6.43 Å². The number of hydrogen-bond donors (Lipinski definition) is 0. The van der Waals surface area contributed by atoms with Crippen molar-refractivity contribution in [2.45, 2.75) is 47.1 Å². The van der Waals surface area contributed by atoms with Crippen LogP contribution in [-0.4, -0.2) is 37.0 Å². The molecule has 7 nitrogen and oxygen atoms in total. The molecule has 0 radical (unpaired) electrons. The van der Waals surface area contributed by atoms with Crippen LogP contribution in [0.15, 0.2) is 24.5 Å². The minimum atomic E-state index is -2.87. The first-order valence-electron chi connectivity index (χ1n) is 10.2. The molecule has 0 fully saturated rings. The average molecular weight is 460 g/mol. The van der Waals surface area contributed by atoms with Crippen molar-refractivity contribution in [3.8, 4) is 21.7 Å². The fourth-order valence-electron chi connectivity index (χ4n) is 3.81. The highest BCUT2D eigenvalue weighted by Gasteiger charge is 2.26. The molecule has 0 spiro atoms. The van der Waals surface area contributed by atoms with E-state index >= 15 is 0 Å². The van der Waals surface area contributed by atoms with Gasteiger partial charge in [0.05, 0.1) is 24.0 Å². The van der Waals surface area contributed by atoms with Gasteiger partial charge in [-0.2, -0.15) is 10.2 Å². The molecular weight excluding hydrogens is 436 g/mol. The number of fused-ring (bicyclic) bond motifs is 1. The predicted molar refractivity (Wildman–Crippen MR) is 118 cm³/mol. The average Bonchev–Trinajstić information content (AvgIpc) is 3.43. The molecule has 4 aromatic rings. The molecule has 0 saturated heterocycles. The summed E-state index contributed by atoms with van der Waals surface area (Å²) in [6, 6.07) is 3.80. The van der Waals surface area contributed by atoms with Crippen molar-refractivity contribution in [2.75, 3.05) is 6.61 Å². The molecule has 0 unspecified atom stereocenters. The van der Waals surface area contributed by atoms with E-state index in [1.54, 1.807) is 29.9 Å². The van der Waals surface area contributed by atoms with Crippen molar-refractivity contribution >= 4 is 22.8 Å². The van der Waals surface area contributed by atoms with Gasteiger partial charge in [0.15, 0.2) is 0 Å². The zero-order chi connectivity index (χ0) is 23.2. The summed E-state index contributed by atoms with van der Waals surface area (Å²) in [4.78, 5) is 16.0. The molecule has 0 aliphatic heterocycles. The van der Waals surface area contributed by atoms with E-state index in [0.717, 1.165) is 39.4 Å². The first kappa shape index (κ1) is 22.1. The van der Waals surface area contributed by atoms with Crippen LogP contribution in [0.1, 0.15) is 60.0 Å². The topological polar surface area (TPSA) is 74.3 Å². The van der Waals surface area contributed by atoms with Gasteiger partial charge in [0, 0.05) is 34.6 Å². The van der Waals surface area contributed by atoms with Gasteiger partial charge in [0.1, 0.15) is 15.6 Å². The van der Waals surface area contributed by atoms with Crippen molar-refractivity contribution in [1.29, 1.82) is 0 Å². The summed E-state index contributed by atoms with van der Waals surface area (Å²) in [5, 5.41) is 9.42. The summed E-state index contributed by atoms with van der Waals surface area (Å²) in [6.45, 7) is 9.84. The molecule has 0 bridgehead atoms. The Morgan fingerprint density at radius 2 is 2.03 bits per heavy atom. The summed E-state index contributed by atoms with van der Waals surface area (Å²) in [6.07, 6.45) is 0.650. The molecular formula is C22H23F2N5O2S. The summed E-state index contributed by atoms with van der Waals surface area (Å²) in [5.41, 5.74) is 4.65. The van der Waals surface area contributed by atoms with Crippen LogP contribution < -0.4 is 0 Å². The molecule has 4 heterocycles. The number of carbonyl (C=O) groups excluding carboxylic acids is 1. The van der Waals surface area contributed by atoms with Crippen LogP contribution in [-0.2, 0) is 4.74 Å². The van der Waals surface area contributed by atoms with Crippen LogP contribution in [0.2, 0.25) is 0 Å². The van der Waals surface area contributed by atoms with Gasteiger partial charge in [-0.05, 0) is 46.8 Å². The second-order valence-electron chi connectivity index (χ2n) is 7.64. The van der Waals surface area contributed by atoms with Crippen LogP contribution in [0.5, 0.6) is 0 Å². The molecule has 0 saturated carbocycles. The maximum Gasteiger partial charge on any atom is 0.350 e. The lowest BCUT2D eigenvalue weighted by Gasteiger charge is -2.08. The summed E-state index contributed by atoms with van der Waals surface area (Å²) in [5.74, 6) is -0.787. The number of carbonyl (C=O) groups is 1. The molecule has 0 atom stereocenters. The molecule has 4 aromatic heterocycles. The summed E-state index contributed by atoms with van der Waals surface area (Å²) >= 11 is 0.904. The number of rotatable bonds is 6. The fraction of sp³-hybridized carbons (Fsp3) is 0.364. The van der Waals surface area contributed by atoms with Gasteiger partial charge in [-0.1, -0.05) is 0 Å². The lowest BCUT2D eigenvalue weighted by molar-refractivity contribution is 0.0520. The van der Waals surface area contributed by atoms with Gasteiger partial charge in [-0.3, -0.25) is 4.68 Å². The highest BCUT2D eigenvalue weighted by molar-refractivity contribution is 7.17. The van der Waals surface area contributed by atoms with E-state index in [1.807, 2.05) is 24.6 Å². The van der Waals surface area contributed by atoms with Gasteiger partial charge in [-0.15, -0.1) is 11.3 Å². The van der Waals surface area contributed by atoms with Crippen molar-refractivity contribution in [3.63, 3.8) is 0 Å². The number of esters is 1.